The summed E-state index contributed by atoms with van der Waals surface area (Å²) in [7, 11) is 4.57. The van der Waals surface area contributed by atoms with E-state index in [1.807, 2.05) is 24.4 Å². The number of carbonyl (C=O) groups is 3. The van der Waals surface area contributed by atoms with Crippen molar-refractivity contribution in [3.05, 3.63) is 30.0 Å². The normalized spacial score (nSPS) is 17.3. The maximum absolute atomic E-state index is 12.1. The number of carbonyl (C=O) groups excluding carboxylic acids is 3. The van der Waals surface area contributed by atoms with E-state index < -0.39 is 6.04 Å². The first-order chi connectivity index (χ1) is 12.4. The number of imide groups is 1. The molecule has 0 bridgehead atoms. The second-order valence-electron chi connectivity index (χ2n) is 6.34. The summed E-state index contributed by atoms with van der Waals surface area (Å²) in [4.78, 5) is 41.4. The number of fused-ring (bicyclic) bond motifs is 1. The van der Waals surface area contributed by atoms with E-state index in [-0.39, 0.29) is 24.3 Å². The van der Waals surface area contributed by atoms with Crippen LogP contribution < -0.4 is 10.1 Å². The third-order valence-corrected chi connectivity index (χ3v) is 4.74. The molecular formula is C18H22N4O4. The van der Waals surface area contributed by atoms with Crippen LogP contribution in [0.4, 0.5) is 4.79 Å². The van der Waals surface area contributed by atoms with Gasteiger partial charge in [0.2, 0.25) is 5.91 Å². The van der Waals surface area contributed by atoms with Crippen LogP contribution in [0.3, 0.4) is 0 Å². The van der Waals surface area contributed by atoms with Gasteiger partial charge in [-0.2, -0.15) is 0 Å². The fraction of sp³-hybridized carbons (Fsp3) is 0.389. The van der Waals surface area contributed by atoms with Gasteiger partial charge in [-0.1, -0.05) is 0 Å². The predicted octanol–water partition coefficient (Wildman–Crippen LogP) is 1.12. The molecule has 3 rings (SSSR count). The minimum atomic E-state index is -0.732. The van der Waals surface area contributed by atoms with Crippen molar-refractivity contribution in [1.29, 1.82) is 0 Å². The van der Waals surface area contributed by atoms with E-state index in [2.05, 4.69) is 10.3 Å². The average Bonchev–Trinajstić information content (AvgIpc) is 3.12. The molecule has 1 atom stereocenters. The van der Waals surface area contributed by atoms with Gasteiger partial charge in [-0.15, -0.1) is 0 Å². The standard InChI is InChI=1S/C18H22N4O4/c1-21-15(17(24)22(2)18(21)25)9-16(23)19-7-6-11-10-20-14-5-4-12(26-3)8-13(11)14/h4-5,8,10,15,20H,6-7,9H2,1-3H3,(H,19,23). The Hall–Kier alpha value is -3.03. The number of methoxy groups -OCH3 is 1. The average molecular weight is 358 g/mol. The summed E-state index contributed by atoms with van der Waals surface area (Å²) in [5, 5.41) is 3.87. The van der Waals surface area contributed by atoms with Gasteiger partial charge in [-0.05, 0) is 30.2 Å². The molecule has 2 N–H and O–H groups in total. The highest BCUT2D eigenvalue weighted by Gasteiger charge is 2.41. The summed E-state index contributed by atoms with van der Waals surface area (Å²) in [6.45, 7) is 0.442. The lowest BCUT2D eigenvalue weighted by atomic mass is 10.1. The number of aromatic amines is 1. The number of hydrogen-bond donors (Lipinski definition) is 2. The number of aromatic nitrogens is 1. The first kappa shape index (κ1) is 17.8. The number of likely N-dealkylation sites (N-methyl/N-ethyl adjacent to an activating group) is 2. The second-order valence-corrected chi connectivity index (χ2v) is 6.34. The summed E-state index contributed by atoms with van der Waals surface area (Å²) < 4.78 is 5.25. The van der Waals surface area contributed by atoms with Gasteiger partial charge in [-0.25, -0.2) is 4.79 Å². The smallest absolute Gasteiger partial charge is 0.326 e. The fourth-order valence-corrected chi connectivity index (χ4v) is 3.15. The summed E-state index contributed by atoms with van der Waals surface area (Å²) >= 11 is 0. The van der Waals surface area contributed by atoms with E-state index in [4.69, 9.17) is 4.74 Å². The molecule has 26 heavy (non-hydrogen) atoms. The lowest BCUT2D eigenvalue weighted by Gasteiger charge is -2.15. The molecule has 0 spiro atoms. The molecule has 1 aromatic carbocycles. The number of benzene rings is 1. The van der Waals surface area contributed by atoms with Crippen LogP contribution in [0.25, 0.3) is 10.9 Å². The maximum Gasteiger partial charge on any atom is 0.326 e. The van der Waals surface area contributed by atoms with Crippen molar-refractivity contribution in [1.82, 2.24) is 20.1 Å². The Labute approximate surface area is 151 Å². The molecule has 1 aromatic heterocycles. The number of hydrogen-bond acceptors (Lipinski definition) is 4. The fourth-order valence-electron chi connectivity index (χ4n) is 3.15. The highest BCUT2D eigenvalue weighted by Crippen LogP contribution is 2.23. The third kappa shape index (κ3) is 3.22. The van der Waals surface area contributed by atoms with Crippen molar-refractivity contribution >= 4 is 28.7 Å². The van der Waals surface area contributed by atoms with Crippen molar-refractivity contribution in [2.24, 2.45) is 0 Å². The van der Waals surface area contributed by atoms with E-state index in [1.165, 1.54) is 19.0 Å². The molecule has 138 valence electrons. The Bertz CT molecular complexity index is 860. The second kappa shape index (κ2) is 7.07. The van der Waals surface area contributed by atoms with E-state index in [9.17, 15) is 14.4 Å². The van der Waals surface area contributed by atoms with Gasteiger partial charge >= 0.3 is 6.03 Å². The van der Waals surface area contributed by atoms with Crippen LogP contribution in [-0.4, -0.2) is 66.4 Å². The molecular weight excluding hydrogens is 336 g/mol. The van der Waals surface area contributed by atoms with Gasteiger partial charge in [-0.3, -0.25) is 14.5 Å². The molecule has 8 heteroatoms. The zero-order valence-corrected chi connectivity index (χ0v) is 15.0. The van der Waals surface area contributed by atoms with Crippen molar-refractivity contribution < 1.29 is 19.1 Å². The van der Waals surface area contributed by atoms with Crippen molar-refractivity contribution in [3.63, 3.8) is 0 Å². The number of amides is 4. The van der Waals surface area contributed by atoms with Crippen molar-refractivity contribution in [2.45, 2.75) is 18.9 Å². The molecule has 0 radical (unpaired) electrons. The number of nitrogens with zero attached hydrogens (tertiary/aromatic N) is 2. The first-order valence-electron chi connectivity index (χ1n) is 8.37. The molecule has 1 saturated heterocycles. The van der Waals surface area contributed by atoms with Gasteiger partial charge in [0.05, 0.1) is 13.5 Å². The van der Waals surface area contributed by atoms with Crippen LogP contribution in [-0.2, 0) is 16.0 Å². The van der Waals surface area contributed by atoms with E-state index in [0.717, 1.165) is 27.1 Å². The molecule has 4 amide bonds. The van der Waals surface area contributed by atoms with Crippen molar-refractivity contribution in [2.75, 3.05) is 27.7 Å². The Kier molecular flexibility index (Phi) is 4.83. The summed E-state index contributed by atoms with van der Waals surface area (Å²) in [6, 6.07) is 4.67. The summed E-state index contributed by atoms with van der Waals surface area (Å²) in [6.07, 6.45) is 2.53. The lowest BCUT2D eigenvalue weighted by Crippen LogP contribution is -2.37. The van der Waals surface area contributed by atoms with Crippen LogP contribution in [0.1, 0.15) is 12.0 Å². The molecule has 1 aliphatic heterocycles. The van der Waals surface area contributed by atoms with E-state index >= 15 is 0 Å². The monoisotopic (exact) mass is 358 g/mol. The van der Waals surface area contributed by atoms with Gasteiger partial charge < -0.3 is 19.9 Å². The molecule has 2 aromatic rings. The van der Waals surface area contributed by atoms with E-state index in [1.54, 1.807) is 7.11 Å². The summed E-state index contributed by atoms with van der Waals surface area (Å²) in [5.41, 5.74) is 2.08. The number of urea groups is 1. The van der Waals surface area contributed by atoms with Gasteiger partial charge in [0.1, 0.15) is 11.8 Å². The minimum absolute atomic E-state index is 0.0346. The predicted molar refractivity (Wildman–Crippen MR) is 95.9 cm³/mol. The largest absolute Gasteiger partial charge is 0.497 e. The number of H-pyrrole nitrogens is 1. The van der Waals surface area contributed by atoms with Crippen LogP contribution in [0.2, 0.25) is 0 Å². The molecule has 0 aliphatic carbocycles. The van der Waals surface area contributed by atoms with Crippen LogP contribution >= 0.6 is 0 Å². The van der Waals surface area contributed by atoms with Gasteiger partial charge in [0, 0.05) is 37.7 Å². The van der Waals surface area contributed by atoms with Crippen LogP contribution in [0, 0.1) is 0 Å². The third-order valence-electron chi connectivity index (χ3n) is 4.74. The minimum Gasteiger partial charge on any atom is -0.497 e. The van der Waals surface area contributed by atoms with Crippen LogP contribution in [0.5, 0.6) is 5.75 Å². The molecule has 0 saturated carbocycles. The Morgan fingerprint density at radius 3 is 2.73 bits per heavy atom. The number of ether oxygens (including phenoxy) is 1. The Balaban J connectivity index is 1.56. The van der Waals surface area contributed by atoms with Crippen molar-refractivity contribution in [3.8, 4) is 5.75 Å². The zero-order valence-electron chi connectivity index (χ0n) is 15.0. The zero-order chi connectivity index (χ0) is 18.8. The topological polar surface area (TPSA) is 94.7 Å². The van der Waals surface area contributed by atoms with E-state index in [0.29, 0.717) is 13.0 Å². The highest BCUT2D eigenvalue weighted by atomic mass is 16.5. The Morgan fingerprint density at radius 1 is 1.31 bits per heavy atom. The lowest BCUT2D eigenvalue weighted by molar-refractivity contribution is -0.131. The first-order valence-corrected chi connectivity index (χ1v) is 8.37. The highest BCUT2D eigenvalue weighted by molar-refractivity contribution is 6.05. The van der Waals surface area contributed by atoms with Crippen LogP contribution in [0.15, 0.2) is 24.4 Å². The molecule has 8 nitrogen and oxygen atoms in total. The quantitative estimate of drug-likeness (QED) is 0.757. The molecule has 1 fully saturated rings. The number of nitrogens with one attached hydrogen (secondary N) is 2. The molecule has 2 heterocycles. The number of rotatable bonds is 6. The molecule has 1 aliphatic rings. The maximum atomic E-state index is 12.1. The van der Waals surface area contributed by atoms with Gasteiger partial charge in [0.15, 0.2) is 0 Å². The summed E-state index contributed by atoms with van der Waals surface area (Å²) in [5.74, 6) is 0.172. The van der Waals surface area contributed by atoms with Gasteiger partial charge in [0.25, 0.3) is 5.91 Å². The Morgan fingerprint density at radius 2 is 2.08 bits per heavy atom. The molecule has 1 unspecified atom stereocenters. The SMILES string of the molecule is COc1ccc2[nH]cc(CCNC(=O)CC3C(=O)N(C)C(=O)N3C)c2c1.